The second-order valence-electron chi connectivity index (χ2n) is 6.23. The first-order chi connectivity index (χ1) is 11.3. The van der Waals surface area contributed by atoms with Crippen LogP contribution in [0.2, 0.25) is 0 Å². The van der Waals surface area contributed by atoms with Gasteiger partial charge in [0.15, 0.2) is 11.5 Å². The summed E-state index contributed by atoms with van der Waals surface area (Å²) in [5.74, 6) is -0.790. The Morgan fingerprint density at radius 1 is 1.29 bits per heavy atom. The van der Waals surface area contributed by atoms with Crippen LogP contribution in [0.4, 0.5) is 0 Å². The van der Waals surface area contributed by atoms with Crippen LogP contribution in [-0.2, 0) is 14.3 Å². The number of carbonyl (C=O) groups excluding carboxylic acids is 2. The Kier molecular flexibility index (Phi) is 5.49. The number of aliphatic hydroxyl groups is 1. The molecular formula is C18H24O6. The Morgan fingerprint density at radius 2 is 1.96 bits per heavy atom. The topological polar surface area (TPSA) is 82.1 Å². The fourth-order valence-electron chi connectivity index (χ4n) is 3.42. The van der Waals surface area contributed by atoms with Crippen molar-refractivity contribution >= 4 is 11.8 Å². The van der Waals surface area contributed by atoms with E-state index in [0.29, 0.717) is 11.5 Å². The lowest BCUT2D eigenvalue weighted by molar-refractivity contribution is -0.164. The molecular weight excluding hydrogens is 312 g/mol. The van der Waals surface area contributed by atoms with Crippen LogP contribution in [0, 0.1) is 5.92 Å². The Labute approximate surface area is 141 Å². The molecule has 1 aromatic rings. The number of ether oxygens (including phenoxy) is 3. The van der Waals surface area contributed by atoms with E-state index < -0.39 is 23.4 Å². The highest BCUT2D eigenvalue weighted by Gasteiger charge is 2.49. The second-order valence-corrected chi connectivity index (χ2v) is 6.23. The van der Waals surface area contributed by atoms with Crippen molar-refractivity contribution in [3.05, 3.63) is 23.8 Å². The van der Waals surface area contributed by atoms with Gasteiger partial charge in [-0.25, -0.2) is 0 Å². The number of esters is 1. The number of methoxy groups -OCH3 is 2. The molecule has 0 unspecified atom stereocenters. The maximum atomic E-state index is 12.4. The van der Waals surface area contributed by atoms with Crippen LogP contribution in [0.25, 0.3) is 0 Å². The molecule has 0 radical (unpaired) electrons. The number of hydrogen-bond donors (Lipinski definition) is 1. The molecule has 1 aliphatic carbocycles. The first kappa shape index (κ1) is 18.3. The molecule has 0 aliphatic heterocycles. The fourth-order valence-corrected chi connectivity index (χ4v) is 3.42. The molecule has 1 saturated carbocycles. The van der Waals surface area contributed by atoms with Gasteiger partial charge in [-0.15, -0.1) is 0 Å². The van der Waals surface area contributed by atoms with Crippen molar-refractivity contribution in [3.63, 3.8) is 0 Å². The monoisotopic (exact) mass is 336 g/mol. The summed E-state index contributed by atoms with van der Waals surface area (Å²) in [4.78, 5) is 24.5. The van der Waals surface area contributed by atoms with Gasteiger partial charge >= 0.3 is 5.97 Å². The predicted molar refractivity (Wildman–Crippen MR) is 87.3 cm³/mol. The van der Waals surface area contributed by atoms with Crippen LogP contribution in [-0.4, -0.2) is 43.3 Å². The van der Waals surface area contributed by atoms with Gasteiger partial charge in [0.25, 0.3) is 0 Å². The molecule has 1 aliphatic rings. The van der Waals surface area contributed by atoms with Crippen molar-refractivity contribution in [2.75, 3.05) is 20.8 Å². The van der Waals surface area contributed by atoms with Crippen LogP contribution in [0.5, 0.6) is 11.5 Å². The summed E-state index contributed by atoms with van der Waals surface area (Å²) < 4.78 is 15.7. The molecule has 6 heteroatoms. The number of benzene rings is 1. The molecule has 0 bridgehead atoms. The number of rotatable bonds is 5. The minimum Gasteiger partial charge on any atom is -0.493 e. The van der Waals surface area contributed by atoms with Gasteiger partial charge in [-0.1, -0.05) is 6.07 Å². The highest BCUT2D eigenvalue weighted by atomic mass is 16.5. The first-order valence-corrected chi connectivity index (χ1v) is 7.96. The van der Waals surface area contributed by atoms with Gasteiger partial charge in [0.1, 0.15) is 5.78 Å². The molecule has 0 amide bonds. The highest BCUT2D eigenvalue weighted by molar-refractivity contribution is 5.86. The third kappa shape index (κ3) is 3.53. The SMILES string of the molecule is CCOC(=O)[C@@H]1[C@@H](c2ccc(OC)c(OC)c2)CC(=O)C[C@@]1(C)O. The Morgan fingerprint density at radius 3 is 2.54 bits per heavy atom. The smallest absolute Gasteiger partial charge is 0.312 e. The van der Waals surface area contributed by atoms with Crippen molar-refractivity contribution in [1.82, 2.24) is 0 Å². The van der Waals surface area contributed by atoms with Gasteiger partial charge in [0.05, 0.1) is 32.3 Å². The summed E-state index contributed by atoms with van der Waals surface area (Å²) in [5.41, 5.74) is -0.710. The third-order valence-electron chi connectivity index (χ3n) is 4.45. The first-order valence-electron chi connectivity index (χ1n) is 7.96. The molecule has 2 rings (SSSR count). The largest absolute Gasteiger partial charge is 0.493 e. The summed E-state index contributed by atoms with van der Waals surface area (Å²) in [7, 11) is 3.06. The van der Waals surface area contributed by atoms with E-state index in [2.05, 4.69) is 0 Å². The van der Waals surface area contributed by atoms with Gasteiger partial charge < -0.3 is 19.3 Å². The molecule has 1 N–H and O–H groups in total. The maximum Gasteiger partial charge on any atom is 0.312 e. The van der Waals surface area contributed by atoms with Gasteiger partial charge in [-0.2, -0.15) is 0 Å². The zero-order valence-corrected chi connectivity index (χ0v) is 14.5. The van der Waals surface area contributed by atoms with Crippen molar-refractivity contribution < 1.29 is 28.9 Å². The molecule has 3 atom stereocenters. The van der Waals surface area contributed by atoms with Gasteiger partial charge in [-0.3, -0.25) is 9.59 Å². The molecule has 0 saturated heterocycles. The molecule has 0 aromatic heterocycles. The standard InChI is InChI=1S/C18H24O6/c1-5-24-17(20)16-13(9-12(19)10-18(16,2)21)11-6-7-14(22-3)15(8-11)23-4/h6-8,13,16,21H,5,9-10H2,1-4H3/t13-,16+,18-/m1/s1. The molecule has 1 aromatic carbocycles. The van der Waals surface area contributed by atoms with E-state index in [1.54, 1.807) is 25.1 Å². The summed E-state index contributed by atoms with van der Waals surface area (Å²) in [5, 5.41) is 10.7. The van der Waals surface area contributed by atoms with Crippen molar-refractivity contribution in [1.29, 1.82) is 0 Å². The summed E-state index contributed by atoms with van der Waals surface area (Å²) in [6.45, 7) is 3.45. The van der Waals surface area contributed by atoms with Gasteiger partial charge in [0, 0.05) is 18.8 Å². The van der Waals surface area contributed by atoms with Crippen LogP contribution < -0.4 is 9.47 Å². The molecule has 132 valence electrons. The predicted octanol–water partition coefficient (Wildman–Crippen LogP) is 2.08. The molecule has 6 nitrogen and oxygen atoms in total. The normalized spacial score (nSPS) is 26.8. The molecule has 0 heterocycles. The average molecular weight is 336 g/mol. The minimum absolute atomic E-state index is 0.0553. The van der Waals surface area contributed by atoms with E-state index in [1.807, 2.05) is 0 Å². The van der Waals surface area contributed by atoms with Gasteiger partial charge in [0.2, 0.25) is 0 Å². The molecule has 1 fully saturated rings. The lowest BCUT2D eigenvalue weighted by Gasteiger charge is -2.40. The average Bonchev–Trinajstić information content (AvgIpc) is 2.52. The van der Waals surface area contributed by atoms with E-state index in [1.165, 1.54) is 21.1 Å². The Hall–Kier alpha value is -2.08. The molecule has 24 heavy (non-hydrogen) atoms. The summed E-state index contributed by atoms with van der Waals surface area (Å²) in [6, 6.07) is 5.25. The number of hydrogen-bond acceptors (Lipinski definition) is 6. The van der Waals surface area contributed by atoms with Crippen molar-refractivity contribution in [2.24, 2.45) is 5.92 Å². The van der Waals surface area contributed by atoms with Crippen LogP contribution in [0.1, 0.15) is 38.2 Å². The number of carbonyl (C=O) groups is 2. The highest BCUT2D eigenvalue weighted by Crippen LogP contribution is 2.44. The van der Waals surface area contributed by atoms with E-state index in [-0.39, 0.29) is 25.2 Å². The van der Waals surface area contributed by atoms with Crippen LogP contribution in [0.15, 0.2) is 18.2 Å². The van der Waals surface area contributed by atoms with Crippen LogP contribution >= 0.6 is 0 Å². The van der Waals surface area contributed by atoms with E-state index >= 15 is 0 Å². The Bertz CT molecular complexity index is 622. The van der Waals surface area contributed by atoms with E-state index in [0.717, 1.165) is 5.56 Å². The minimum atomic E-state index is -1.45. The number of Topliss-reactive ketones (excluding diaryl/α,β-unsaturated/α-hetero) is 1. The van der Waals surface area contributed by atoms with E-state index in [4.69, 9.17) is 14.2 Å². The van der Waals surface area contributed by atoms with E-state index in [9.17, 15) is 14.7 Å². The maximum absolute atomic E-state index is 12.4. The van der Waals surface area contributed by atoms with Crippen molar-refractivity contribution in [2.45, 2.75) is 38.2 Å². The van der Waals surface area contributed by atoms with Crippen LogP contribution in [0.3, 0.4) is 0 Å². The van der Waals surface area contributed by atoms with Gasteiger partial charge in [-0.05, 0) is 31.5 Å². The fraction of sp³-hybridized carbons (Fsp3) is 0.556. The summed E-state index contributed by atoms with van der Waals surface area (Å²) >= 11 is 0. The summed E-state index contributed by atoms with van der Waals surface area (Å²) in [6.07, 6.45) is 0.120. The second kappa shape index (κ2) is 7.21. The van der Waals surface area contributed by atoms with Crippen molar-refractivity contribution in [3.8, 4) is 11.5 Å². The Balaban J connectivity index is 2.46. The zero-order valence-electron chi connectivity index (χ0n) is 14.5. The zero-order chi connectivity index (χ0) is 17.9. The quantitative estimate of drug-likeness (QED) is 0.829. The lowest BCUT2D eigenvalue weighted by atomic mass is 9.67. The number of ketones is 1. The molecule has 0 spiro atoms. The lowest BCUT2D eigenvalue weighted by Crippen LogP contribution is -2.49. The third-order valence-corrected chi connectivity index (χ3v) is 4.45.